The molecule has 0 saturated heterocycles. The van der Waals surface area contributed by atoms with Gasteiger partial charge in [0.15, 0.2) is 0 Å². The number of halogens is 1. The molecule has 2 heterocycles. The number of nitrogens with one attached hydrogen (secondary N) is 3. The minimum atomic E-state index is -0.545. The normalized spacial score (nSPS) is 14.8. The van der Waals surface area contributed by atoms with Gasteiger partial charge in [-0.2, -0.15) is 0 Å². The Morgan fingerprint density at radius 2 is 1.56 bits per heavy atom. The second-order valence-electron chi connectivity index (χ2n) is 9.77. The van der Waals surface area contributed by atoms with Crippen LogP contribution in [0.3, 0.4) is 0 Å². The van der Waals surface area contributed by atoms with Crippen LogP contribution in [-0.2, 0) is 4.79 Å². The summed E-state index contributed by atoms with van der Waals surface area (Å²) in [6.07, 6.45) is 0. The van der Waals surface area contributed by atoms with E-state index in [1.165, 1.54) is 0 Å². The molecule has 1 aliphatic rings. The zero-order valence-corrected chi connectivity index (χ0v) is 23.3. The van der Waals surface area contributed by atoms with Crippen LogP contribution in [0.5, 0.6) is 0 Å². The number of aliphatic imine (C=N–C) groups is 1. The van der Waals surface area contributed by atoms with E-state index in [1.807, 2.05) is 117 Å². The Morgan fingerprint density at radius 3 is 2.32 bits per heavy atom. The van der Waals surface area contributed by atoms with Gasteiger partial charge in [0.1, 0.15) is 6.04 Å². The van der Waals surface area contributed by atoms with E-state index in [1.54, 1.807) is 0 Å². The van der Waals surface area contributed by atoms with Gasteiger partial charge < -0.3 is 10.6 Å². The first-order valence-corrected chi connectivity index (χ1v) is 13.6. The average Bonchev–Trinajstić information content (AvgIpc) is 2.98. The number of carbonyl (C=O) groups excluding carboxylic acids is 1. The number of hydrogen-bond donors (Lipinski definition) is 3. The van der Waals surface area contributed by atoms with Crippen LogP contribution in [-0.4, -0.2) is 21.8 Å². The van der Waals surface area contributed by atoms with Crippen molar-refractivity contribution >= 4 is 46.0 Å². The lowest BCUT2D eigenvalue weighted by molar-refractivity contribution is -0.113. The van der Waals surface area contributed by atoms with Crippen molar-refractivity contribution < 1.29 is 4.79 Å². The highest BCUT2D eigenvalue weighted by atomic mass is 35.5. The molecule has 41 heavy (non-hydrogen) atoms. The molecule has 4 aromatic carbocycles. The molecule has 0 saturated carbocycles. The van der Waals surface area contributed by atoms with Crippen molar-refractivity contribution in [3.8, 4) is 11.3 Å². The molecule has 0 fully saturated rings. The molecule has 1 aliphatic heterocycles. The molecule has 5 aromatic rings. The zero-order valence-electron chi connectivity index (χ0n) is 22.5. The molecule has 0 aliphatic carbocycles. The number of fused-ring (bicyclic) bond motifs is 1. The topological polar surface area (TPSA) is 91.3 Å². The van der Waals surface area contributed by atoms with E-state index in [4.69, 9.17) is 26.6 Å². The molecular formula is C33H27ClN6O. The lowest BCUT2D eigenvalue weighted by atomic mass is 9.95. The molecule has 202 valence electrons. The summed E-state index contributed by atoms with van der Waals surface area (Å²) in [5, 5.41) is 11.1. The summed E-state index contributed by atoms with van der Waals surface area (Å²) in [4.78, 5) is 28.1. The average molecular weight is 559 g/mol. The van der Waals surface area contributed by atoms with Crippen molar-refractivity contribution in [2.45, 2.75) is 19.9 Å². The number of nitrogens with zero attached hydrogens (tertiary/aromatic N) is 3. The number of aryl methyl sites for hydroxylation is 1. The fraction of sp³-hybridized carbons (Fsp3) is 0.0909. The van der Waals surface area contributed by atoms with Crippen molar-refractivity contribution in [2.75, 3.05) is 10.6 Å². The van der Waals surface area contributed by atoms with Crippen LogP contribution >= 0.6 is 11.6 Å². The van der Waals surface area contributed by atoms with Crippen molar-refractivity contribution in [3.63, 3.8) is 0 Å². The molecule has 0 spiro atoms. The smallest absolute Gasteiger partial charge is 0.255 e. The molecule has 1 atom stereocenters. The van der Waals surface area contributed by atoms with E-state index >= 15 is 0 Å². The number of aromatic nitrogens is 2. The van der Waals surface area contributed by atoms with Gasteiger partial charge in [0, 0.05) is 27.4 Å². The van der Waals surface area contributed by atoms with Crippen LogP contribution in [0.1, 0.15) is 24.1 Å². The predicted octanol–water partition coefficient (Wildman–Crippen LogP) is 7.28. The number of anilines is 2. The number of hydrogen-bond acceptors (Lipinski definition) is 6. The Hall–Kier alpha value is -5.01. The van der Waals surface area contributed by atoms with Crippen molar-refractivity contribution in [1.29, 1.82) is 0 Å². The van der Waals surface area contributed by atoms with Crippen LogP contribution in [0.4, 0.5) is 11.6 Å². The van der Waals surface area contributed by atoms with E-state index in [-0.39, 0.29) is 5.91 Å². The van der Waals surface area contributed by atoms with Crippen LogP contribution in [0.15, 0.2) is 119 Å². The number of carbonyl (C=O) groups is 1. The van der Waals surface area contributed by atoms with Gasteiger partial charge >= 0.3 is 0 Å². The van der Waals surface area contributed by atoms with Crippen molar-refractivity contribution in [2.24, 2.45) is 4.99 Å². The molecular weight excluding hydrogens is 532 g/mol. The first-order chi connectivity index (χ1) is 20.0. The lowest BCUT2D eigenvalue weighted by Gasteiger charge is -2.27. The van der Waals surface area contributed by atoms with Crippen LogP contribution in [0.2, 0.25) is 5.02 Å². The Balaban J connectivity index is 1.38. The van der Waals surface area contributed by atoms with E-state index < -0.39 is 6.04 Å². The highest BCUT2D eigenvalue weighted by Gasteiger charge is 2.30. The third-order valence-corrected chi connectivity index (χ3v) is 7.17. The molecule has 1 aromatic heterocycles. The lowest BCUT2D eigenvalue weighted by Crippen LogP contribution is -2.37. The van der Waals surface area contributed by atoms with Crippen molar-refractivity contribution in [1.82, 2.24) is 15.3 Å². The quantitative estimate of drug-likeness (QED) is 0.211. The maximum Gasteiger partial charge on any atom is 0.255 e. The summed E-state index contributed by atoms with van der Waals surface area (Å²) in [6, 6.07) is 32.4. The third kappa shape index (κ3) is 5.53. The minimum Gasteiger partial charge on any atom is -0.329 e. The fourth-order valence-electron chi connectivity index (χ4n) is 4.89. The Labute approximate surface area is 243 Å². The Morgan fingerprint density at radius 1 is 0.854 bits per heavy atom. The molecule has 0 bridgehead atoms. The molecule has 1 unspecified atom stereocenters. The molecule has 6 rings (SSSR count). The van der Waals surface area contributed by atoms with Gasteiger partial charge in [0.2, 0.25) is 11.9 Å². The second kappa shape index (κ2) is 11.2. The number of allylic oxidation sites excluding steroid dienone is 1. The molecule has 3 N–H and O–H groups in total. The summed E-state index contributed by atoms with van der Waals surface area (Å²) in [7, 11) is 0. The van der Waals surface area contributed by atoms with Gasteiger partial charge in [-0.05, 0) is 49.2 Å². The molecule has 8 heteroatoms. The zero-order chi connectivity index (χ0) is 28.3. The van der Waals surface area contributed by atoms with Gasteiger partial charge in [0.05, 0.1) is 16.8 Å². The Kier molecular flexibility index (Phi) is 7.18. The Bertz CT molecular complexity index is 1820. The largest absolute Gasteiger partial charge is 0.329 e. The van der Waals surface area contributed by atoms with E-state index in [9.17, 15) is 4.79 Å². The summed E-state index contributed by atoms with van der Waals surface area (Å²) in [6.45, 7) is 3.84. The molecule has 1 amide bonds. The molecule has 7 nitrogen and oxygen atoms in total. The predicted molar refractivity (Wildman–Crippen MR) is 166 cm³/mol. The SMILES string of the molecule is CC1=C(C(=O)Nc2ccccc2C)C(c2ccccc2)N=C(Nc2nc(-c3ccccc3)c3cc(Cl)ccc3n2)N1. The van der Waals surface area contributed by atoms with Crippen LogP contribution < -0.4 is 16.0 Å². The van der Waals surface area contributed by atoms with Crippen molar-refractivity contribution in [3.05, 3.63) is 131 Å². The van der Waals surface area contributed by atoms with Gasteiger partial charge in [-0.25, -0.2) is 15.0 Å². The standard InChI is InChI=1S/C33H27ClN6O/c1-20-11-9-10-16-26(20)36-31(41)28-21(2)35-32(39-30(28)23-14-7-4-8-15-23)40-33-37-27-18-17-24(34)19-25(27)29(38-33)22-12-5-3-6-13-22/h3-19,30H,1-2H3,(H,36,41)(H2,35,37,38,39,40). The first-order valence-electron chi connectivity index (χ1n) is 13.2. The summed E-state index contributed by atoms with van der Waals surface area (Å²) in [5.74, 6) is 0.597. The highest BCUT2D eigenvalue weighted by Crippen LogP contribution is 2.33. The van der Waals surface area contributed by atoms with Crippen LogP contribution in [0.25, 0.3) is 22.2 Å². The van der Waals surface area contributed by atoms with E-state index in [2.05, 4.69) is 16.0 Å². The van der Waals surface area contributed by atoms with E-state index in [0.717, 1.165) is 39.0 Å². The summed E-state index contributed by atoms with van der Waals surface area (Å²) < 4.78 is 0. The second-order valence-corrected chi connectivity index (χ2v) is 10.2. The fourth-order valence-corrected chi connectivity index (χ4v) is 5.06. The number of rotatable bonds is 5. The number of guanidine groups is 1. The molecule has 0 radical (unpaired) electrons. The van der Waals surface area contributed by atoms with Crippen LogP contribution in [0, 0.1) is 6.92 Å². The highest BCUT2D eigenvalue weighted by molar-refractivity contribution is 6.31. The van der Waals surface area contributed by atoms with Gasteiger partial charge in [-0.1, -0.05) is 90.5 Å². The van der Waals surface area contributed by atoms with Gasteiger partial charge in [-0.3, -0.25) is 10.1 Å². The summed E-state index contributed by atoms with van der Waals surface area (Å²) >= 11 is 6.32. The minimum absolute atomic E-state index is 0.217. The summed E-state index contributed by atoms with van der Waals surface area (Å²) in [5.41, 5.74) is 6.28. The number of amides is 1. The first kappa shape index (κ1) is 26.2. The maximum absolute atomic E-state index is 13.6. The number of para-hydroxylation sites is 1. The number of benzene rings is 4. The van der Waals surface area contributed by atoms with Gasteiger partial charge in [0.25, 0.3) is 5.91 Å². The van der Waals surface area contributed by atoms with E-state index in [0.29, 0.717) is 28.2 Å². The van der Waals surface area contributed by atoms with Gasteiger partial charge in [-0.15, -0.1) is 0 Å². The third-order valence-electron chi connectivity index (χ3n) is 6.93. The monoisotopic (exact) mass is 558 g/mol. The maximum atomic E-state index is 13.6.